The summed E-state index contributed by atoms with van der Waals surface area (Å²) in [5.41, 5.74) is 2.21. The molecule has 1 aliphatic heterocycles. The first-order valence-electron chi connectivity index (χ1n) is 8.66. The third-order valence-electron chi connectivity index (χ3n) is 5.58. The van der Waals surface area contributed by atoms with Gasteiger partial charge in [0.15, 0.2) is 0 Å². The Kier molecular flexibility index (Phi) is 6.29. The van der Waals surface area contributed by atoms with E-state index in [0.717, 1.165) is 45.3 Å². The zero-order chi connectivity index (χ0) is 16.3. The molecule has 1 aromatic rings. The number of benzene rings is 1. The highest BCUT2D eigenvalue weighted by Crippen LogP contribution is 2.49. The van der Waals surface area contributed by atoms with Gasteiger partial charge in [-0.25, -0.2) is 0 Å². The fraction of sp³-hybridized carbons (Fsp3) is 0.632. The van der Waals surface area contributed by atoms with Crippen LogP contribution in [0.5, 0.6) is 0 Å². The Morgan fingerprint density at radius 2 is 1.88 bits per heavy atom. The lowest BCUT2D eigenvalue weighted by Gasteiger charge is -2.37. The quantitative estimate of drug-likeness (QED) is 0.827. The van der Waals surface area contributed by atoms with E-state index in [4.69, 9.17) is 4.74 Å². The molecule has 0 aromatic heterocycles. The van der Waals surface area contributed by atoms with Crippen LogP contribution in [-0.2, 0) is 14.9 Å². The van der Waals surface area contributed by atoms with Gasteiger partial charge in [-0.15, -0.1) is 12.4 Å². The van der Waals surface area contributed by atoms with Crippen molar-refractivity contribution in [3.05, 3.63) is 35.4 Å². The second-order valence-corrected chi connectivity index (χ2v) is 7.26. The maximum atomic E-state index is 12.9. The molecule has 0 bridgehead atoms. The number of halogens is 1. The molecule has 2 aliphatic rings. The van der Waals surface area contributed by atoms with Crippen LogP contribution in [0.15, 0.2) is 24.3 Å². The topological polar surface area (TPSA) is 50.4 Å². The first-order valence-corrected chi connectivity index (χ1v) is 8.66. The van der Waals surface area contributed by atoms with Gasteiger partial charge in [0.05, 0.1) is 12.0 Å². The van der Waals surface area contributed by atoms with Crippen molar-refractivity contribution in [2.24, 2.45) is 5.41 Å². The van der Waals surface area contributed by atoms with Gasteiger partial charge in [-0.2, -0.15) is 0 Å². The predicted octanol–water partition coefficient (Wildman–Crippen LogP) is 2.58. The largest absolute Gasteiger partial charge is 0.384 e. The van der Waals surface area contributed by atoms with Crippen LogP contribution in [0.2, 0.25) is 0 Å². The zero-order valence-corrected chi connectivity index (χ0v) is 15.5. The van der Waals surface area contributed by atoms with E-state index in [0.29, 0.717) is 6.61 Å². The third kappa shape index (κ3) is 3.76. The lowest BCUT2D eigenvalue weighted by atomic mass is 9.79. The van der Waals surface area contributed by atoms with Gasteiger partial charge in [0.25, 0.3) is 0 Å². The summed E-state index contributed by atoms with van der Waals surface area (Å²) in [5, 5.41) is 6.65. The molecule has 1 aromatic carbocycles. The summed E-state index contributed by atoms with van der Waals surface area (Å²) in [6.45, 7) is 5.54. The normalized spacial score (nSPS) is 20.8. The Hall–Kier alpha value is -1.10. The number of ether oxygens (including phenoxy) is 1. The number of hydrogen-bond acceptors (Lipinski definition) is 3. The summed E-state index contributed by atoms with van der Waals surface area (Å²) in [4.78, 5) is 12.9. The van der Waals surface area contributed by atoms with Crippen molar-refractivity contribution >= 4 is 18.3 Å². The van der Waals surface area contributed by atoms with Crippen molar-refractivity contribution in [3.8, 4) is 0 Å². The molecule has 24 heavy (non-hydrogen) atoms. The van der Waals surface area contributed by atoms with E-state index in [-0.39, 0.29) is 29.1 Å². The van der Waals surface area contributed by atoms with Crippen molar-refractivity contribution < 1.29 is 9.53 Å². The number of piperidine rings is 1. The maximum Gasteiger partial charge on any atom is 0.230 e. The molecule has 0 atom stereocenters. The highest BCUT2D eigenvalue weighted by atomic mass is 35.5. The minimum absolute atomic E-state index is 0. The maximum absolute atomic E-state index is 12.9. The van der Waals surface area contributed by atoms with Gasteiger partial charge in [-0.05, 0) is 56.8 Å². The summed E-state index contributed by atoms with van der Waals surface area (Å²) in [6.07, 6.45) is 4.03. The molecule has 0 unspecified atom stereocenters. The summed E-state index contributed by atoms with van der Waals surface area (Å²) in [7, 11) is 1.75. The number of nitrogens with one attached hydrogen (secondary N) is 2. The standard InChI is InChI=1S/C19H28N2O2.ClH/c1-15-5-3-4-6-16(15)19(7-8-19)17(22)21-13-18(14-23-2)9-11-20-12-10-18;/h3-6,20H,7-14H2,1-2H3,(H,21,22);1H. The van der Waals surface area contributed by atoms with E-state index in [2.05, 4.69) is 29.7 Å². The van der Waals surface area contributed by atoms with E-state index in [1.807, 2.05) is 12.1 Å². The molecule has 0 spiro atoms. The number of methoxy groups -OCH3 is 1. The molecule has 3 rings (SSSR count). The molecule has 2 fully saturated rings. The summed E-state index contributed by atoms with van der Waals surface area (Å²) >= 11 is 0. The monoisotopic (exact) mass is 352 g/mol. The van der Waals surface area contributed by atoms with E-state index < -0.39 is 0 Å². The summed E-state index contributed by atoms with van der Waals surface area (Å²) in [5.74, 6) is 0.195. The van der Waals surface area contributed by atoms with Crippen LogP contribution >= 0.6 is 12.4 Å². The minimum Gasteiger partial charge on any atom is -0.384 e. The van der Waals surface area contributed by atoms with Crippen molar-refractivity contribution in [3.63, 3.8) is 0 Å². The van der Waals surface area contributed by atoms with Gasteiger partial charge in [0.2, 0.25) is 5.91 Å². The van der Waals surface area contributed by atoms with Crippen LogP contribution in [0, 0.1) is 12.3 Å². The third-order valence-corrected chi connectivity index (χ3v) is 5.58. The van der Waals surface area contributed by atoms with E-state index >= 15 is 0 Å². The van der Waals surface area contributed by atoms with Crippen LogP contribution in [0.25, 0.3) is 0 Å². The van der Waals surface area contributed by atoms with Gasteiger partial charge in [0.1, 0.15) is 0 Å². The van der Waals surface area contributed by atoms with Crippen LogP contribution in [-0.4, -0.2) is 39.3 Å². The minimum atomic E-state index is -0.285. The van der Waals surface area contributed by atoms with Gasteiger partial charge < -0.3 is 15.4 Å². The predicted molar refractivity (Wildman–Crippen MR) is 98.8 cm³/mol. The number of amides is 1. The fourth-order valence-corrected chi connectivity index (χ4v) is 3.93. The van der Waals surface area contributed by atoms with Crippen LogP contribution in [0.1, 0.15) is 36.8 Å². The Balaban J connectivity index is 0.00000208. The molecule has 134 valence electrons. The number of rotatable bonds is 6. The first kappa shape index (κ1) is 19.2. The van der Waals surface area contributed by atoms with Crippen molar-refractivity contribution in [2.45, 2.75) is 38.0 Å². The average Bonchev–Trinajstić information content (AvgIpc) is 3.36. The van der Waals surface area contributed by atoms with Gasteiger partial charge in [0, 0.05) is 19.1 Å². The first-order chi connectivity index (χ1) is 11.1. The molecule has 4 nitrogen and oxygen atoms in total. The second kappa shape index (κ2) is 7.85. The summed E-state index contributed by atoms with van der Waals surface area (Å²) < 4.78 is 5.44. The Labute approximate surface area is 151 Å². The zero-order valence-electron chi connectivity index (χ0n) is 14.7. The molecule has 1 aliphatic carbocycles. The second-order valence-electron chi connectivity index (χ2n) is 7.26. The number of aryl methyl sites for hydroxylation is 1. The fourth-order valence-electron chi connectivity index (χ4n) is 3.93. The molecule has 5 heteroatoms. The van der Waals surface area contributed by atoms with Gasteiger partial charge >= 0.3 is 0 Å². The number of carbonyl (C=O) groups excluding carboxylic acids is 1. The SMILES string of the molecule is COCC1(CNC(=O)C2(c3ccccc3C)CC2)CCNCC1.Cl. The molecular weight excluding hydrogens is 324 g/mol. The van der Waals surface area contributed by atoms with Gasteiger partial charge in [-0.3, -0.25) is 4.79 Å². The van der Waals surface area contributed by atoms with Crippen LogP contribution in [0.4, 0.5) is 0 Å². The van der Waals surface area contributed by atoms with Crippen molar-refractivity contribution in [2.75, 3.05) is 33.4 Å². The number of hydrogen-bond donors (Lipinski definition) is 2. The van der Waals surface area contributed by atoms with Crippen molar-refractivity contribution in [1.29, 1.82) is 0 Å². The Morgan fingerprint density at radius 3 is 2.46 bits per heavy atom. The van der Waals surface area contributed by atoms with Gasteiger partial charge in [-0.1, -0.05) is 24.3 Å². The molecule has 2 N–H and O–H groups in total. The highest BCUT2D eigenvalue weighted by molar-refractivity contribution is 5.91. The molecular formula is C19H29ClN2O2. The lowest BCUT2D eigenvalue weighted by molar-refractivity contribution is -0.124. The summed E-state index contributed by atoms with van der Waals surface area (Å²) in [6, 6.07) is 8.28. The smallest absolute Gasteiger partial charge is 0.230 e. The lowest BCUT2D eigenvalue weighted by Crippen LogP contribution is -2.49. The van der Waals surface area contributed by atoms with Crippen molar-refractivity contribution in [1.82, 2.24) is 10.6 Å². The molecule has 1 saturated heterocycles. The Bertz CT molecular complexity index is 561. The van der Waals surface area contributed by atoms with Crippen LogP contribution in [0.3, 0.4) is 0 Å². The average molecular weight is 353 g/mol. The highest BCUT2D eigenvalue weighted by Gasteiger charge is 2.52. The van der Waals surface area contributed by atoms with E-state index in [1.165, 1.54) is 11.1 Å². The molecule has 1 heterocycles. The Morgan fingerprint density at radius 1 is 1.21 bits per heavy atom. The molecule has 1 saturated carbocycles. The molecule has 1 amide bonds. The van der Waals surface area contributed by atoms with E-state index in [1.54, 1.807) is 7.11 Å². The molecule has 0 radical (unpaired) electrons. The van der Waals surface area contributed by atoms with Crippen LogP contribution < -0.4 is 10.6 Å². The van der Waals surface area contributed by atoms with E-state index in [9.17, 15) is 4.79 Å². The number of carbonyl (C=O) groups is 1.